The summed E-state index contributed by atoms with van der Waals surface area (Å²) in [4.78, 5) is 8.53. The van der Waals surface area contributed by atoms with E-state index in [0.29, 0.717) is 16.2 Å². The van der Waals surface area contributed by atoms with Gasteiger partial charge in [-0.25, -0.2) is 9.97 Å². The zero-order chi connectivity index (χ0) is 10.8. The number of aromatic nitrogens is 2. The molecule has 15 heavy (non-hydrogen) atoms. The topological polar surface area (TPSA) is 25.8 Å². The summed E-state index contributed by atoms with van der Waals surface area (Å²) in [6, 6.07) is 0. The van der Waals surface area contributed by atoms with Crippen LogP contribution in [0, 0.1) is 0 Å². The zero-order valence-electron chi connectivity index (χ0n) is 8.76. The molecule has 0 saturated heterocycles. The monoisotopic (exact) mass is 244 g/mol. The van der Waals surface area contributed by atoms with E-state index in [1.165, 1.54) is 12.8 Å². The first-order valence-corrected chi connectivity index (χ1v) is 6.19. The van der Waals surface area contributed by atoms with Gasteiger partial charge in [0, 0.05) is 12.0 Å². The largest absolute Gasteiger partial charge is 0.221 e. The van der Waals surface area contributed by atoms with Crippen LogP contribution in [0.5, 0.6) is 0 Å². The molecule has 1 aliphatic rings. The first-order chi connectivity index (χ1) is 7.22. The van der Waals surface area contributed by atoms with E-state index in [0.717, 1.165) is 30.7 Å². The van der Waals surface area contributed by atoms with E-state index in [9.17, 15) is 0 Å². The van der Waals surface area contributed by atoms with Gasteiger partial charge < -0.3 is 0 Å². The Morgan fingerprint density at radius 1 is 1.13 bits per heavy atom. The number of aryl methyl sites for hydroxylation is 1. The van der Waals surface area contributed by atoms with Gasteiger partial charge in [-0.2, -0.15) is 0 Å². The van der Waals surface area contributed by atoms with Gasteiger partial charge >= 0.3 is 0 Å². The minimum absolute atomic E-state index is 0.468. The molecule has 1 aliphatic carbocycles. The fraction of sp³-hybridized carbons (Fsp3) is 0.636. The Kier molecular flexibility index (Phi) is 3.47. The number of rotatable bonds is 2. The third kappa shape index (κ3) is 2.26. The van der Waals surface area contributed by atoms with E-state index in [-0.39, 0.29) is 0 Å². The highest BCUT2D eigenvalue weighted by Gasteiger charge is 2.24. The van der Waals surface area contributed by atoms with Gasteiger partial charge in [-0.15, -0.1) is 0 Å². The molecule has 0 N–H and O–H groups in total. The summed E-state index contributed by atoms with van der Waals surface area (Å²) >= 11 is 12.3. The highest BCUT2D eigenvalue weighted by atomic mass is 35.5. The standard InChI is InChI=1S/C11H14Cl2N2/c1-2-8-14-10(12)9(11(13)15-8)7-5-3-4-6-7/h7H,2-6H2,1H3. The van der Waals surface area contributed by atoms with Crippen molar-refractivity contribution < 1.29 is 0 Å². The second-order valence-electron chi connectivity index (χ2n) is 3.97. The molecule has 1 aromatic rings. The van der Waals surface area contributed by atoms with E-state index in [1.807, 2.05) is 6.92 Å². The van der Waals surface area contributed by atoms with Crippen LogP contribution in [-0.4, -0.2) is 9.97 Å². The van der Waals surface area contributed by atoms with Gasteiger partial charge in [-0.3, -0.25) is 0 Å². The second kappa shape index (κ2) is 4.67. The summed E-state index contributed by atoms with van der Waals surface area (Å²) < 4.78 is 0. The van der Waals surface area contributed by atoms with E-state index >= 15 is 0 Å². The van der Waals surface area contributed by atoms with Gasteiger partial charge in [0.2, 0.25) is 0 Å². The van der Waals surface area contributed by atoms with Gasteiger partial charge in [0.25, 0.3) is 0 Å². The van der Waals surface area contributed by atoms with Crippen molar-refractivity contribution in [3.8, 4) is 0 Å². The molecule has 0 amide bonds. The Morgan fingerprint density at radius 3 is 2.13 bits per heavy atom. The molecule has 0 bridgehead atoms. The van der Waals surface area contributed by atoms with Crippen molar-refractivity contribution in [3.05, 3.63) is 21.7 Å². The molecule has 0 aliphatic heterocycles. The van der Waals surface area contributed by atoms with E-state index in [1.54, 1.807) is 0 Å². The van der Waals surface area contributed by atoms with E-state index < -0.39 is 0 Å². The van der Waals surface area contributed by atoms with Gasteiger partial charge in [-0.05, 0) is 18.8 Å². The highest BCUT2D eigenvalue weighted by Crippen LogP contribution is 2.39. The zero-order valence-corrected chi connectivity index (χ0v) is 10.3. The molecule has 82 valence electrons. The van der Waals surface area contributed by atoms with Crippen molar-refractivity contribution >= 4 is 23.2 Å². The molecular formula is C11H14Cl2N2. The first-order valence-electron chi connectivity index (χ1n) is 5.44. The summed E-state index contributed by atoms with van der Waals surface area (Å²) in [5.41, 5.74) is 0.966. The fourth-order valence-corrected chi connectivity index (χ4v) is 2.90. The number of halogens is 2. The molecule has 2 rings (SSSR count). The maximum Gasteiger partial charge on any atom is 0.137 e. The molecule has 1 saturated carbocycles. The van der Waals surface area contributed by atoms with Gasteiger partial charge in [0.05, 0.1) is 0 Å². The lowest BCUT2D eigenvalue weighted by molar-refractivity contribution is 0.710. The second-order valence-corrected chi connectivity index (χ2v) is 4.69. The summed E-state index contributed by atoms with van der Waals surface area (Å²) in [7, 11) is 0. The van der Waals surface area contributed by atoms with Crippen LogP contribution in [0.15, 0.2) is 0 Å². The maximum absolute atomic E-state index is 6.16. The summed E-state index contributed by atoms with van der Waals surface area (Å²) in [5, 5.41) is 1.11. The predicted molar refractivity (Wildman–Crippen MR) is 62.6 cm³/mol. The van der Waals surface area contributed by atoms with Crippen molar-refractivity contribution in [3.63, 3.8) is 0 Å². The molecule has 1 heterocycles. The molecule has 0 radical (unpaired) electrons. The van der Waals surface area contributed by atoms with Crippen molar-refractivity contribution in [2.24, 2.45) is 0 Å². The fourth-order valence-electron chi connectivity index (χ4n) is 2.17. The van der Waals surface area contributed by atoms with Crippen molar-refractivity contribution in [1.29, 1.82) is 0 Å². The molecule has 4 heteroatoms. The van der Waals surface area contributed by atoms with Crippen LogP contribution >= 0.6 is 23.2 Å². The van der Waals surface area contributed by atoms with Crippen LogP contribution in [0.4, 0.5) is 0 Å². The quantitative estimate of drug-likeness (QED) is 0.736. The SMILES string of the molecule is CCc1nc(Cl)c(C2CCCC2)c(Cl)n1. The Morgan fingerprint density at radius 2 is 1.67 bits per heavy atom. The van der Waals surface area contributed by atoms with Crippen LogP contribution in [-0.2, 0) is 6.42 Å². The molecule has 1 aromatic heterocycles. The Bertz CT molecular complexity index is 337. The highest BCUT2D eigenvalue weighted by molar-refractivity contribution is 6.34. The Labute approximate surface area is 100 Å². The average molecular weight is 245 g/mol. The number of hydrogen-bond acceptors (Lipinski definition) is 2. The van der Waals surface area contributed by atoms with Gasteiger partial charge in [0.1, 0.15) is 16.1 Å². The van der Waals surface area contributed by atoms with E-state index in [4.69, 9.17) is 23.2 Å². The average Bonchev–Trinajstić information content (AvgIpc) is 2.69. The maximum atomic E-state index is 6.16. The molecule has 0 unspecified atom stereocenters. The smallest absolute Gasteiger partial charge is 0.137 e. The Hall–Kier alpha value is -0.340. The lowest BCUT2D eigenvalue weighted by Gasteiger charge is -2.13. The normalized spacial score (nSPS) is 17.3. The molecular weight excluding hydrogens is 231 g/mol. The predicted octanol–water partition coefficient (Wildman–Crippen LogP) is 4.00. The Balaban J connectivity index is 2.37. The van der Waals surface area contributed by atoms with Crippen LogP contribution in [0.3, 0.4) is 0 Å². The van der Waals surface area contributed by atoms with Crippen molar-refractivity contribution in [2.75, 3.05) is 0 Å². The van der Waals surface area contributed by atoms with Crippen LogP contribution in [0.1, 0.15) is 49.9 Å². The van der Waals surface area contributed by atoms with Crippen LogP contribution in [0.25, 0.3) is 0 Å². The minimum Gasteiger partial charge on any atom is -0.221 e. The molecule has 0 spiro atoms. The molecule has 0 atom stereocenters. The summed E-state index contributed by atoms with van der Waals surface area (Å²) in [6.45, 7) is 2.00. The minimum atomic E-state index is 0.468. The van der Waals surface area contributed by atoms with Gasteiger partial charge in [-0.1, -0.05) is 43.0 Å². The van der Waals surface area contributed by atoms with Crippen molar-refractivity contribution in [2.45, 2.75) is 44.9 Å². The van der Waals surface area contributed by atoms with Crippen molar-refractivity contribution in [1.82, 2.24) is 9.97 Å². The van der Waals surface area contributed by atoms with E-state index in [2.05, 4.69) is 9.97 Å². The third-order valence-electron chi connectivity index (χ3n) is 2.98. The number of hydrogen-bond donors (Lipinski definition) is 0. The van der Waals surface area contributed by atoms with Gasteiger partial charge in [0.15, 0.2) is 0 Å². The molecule has 0 aromatic carbocycles. The first kappa shape index (κ1) is 11.2. The number of nitrogens with zero attached hydrogens (tertiary/aromatic N) is 2. The summed E-state index contributed by atoms with van der Waals surface area (Å²) in [6.07, 6.45) is 5.60. The summed E-state index contributed by atoms with van der Waals surface area (Å²) in [5.74, 6) is 1.20. The van der Waals surface area contributed by atoms with Crippen LogP contribution in [0.2, 0.25) is 10.3 Å². The van der Waals surface area contributed by atoms with Crippen LogP contribution < -0.4 is 0 Å². The third-order valence-corrected chi connectivity index (χ3v) is 3.55. The molecule has 2 nitrogen and oxygen atoms in total. The molecule has 1 fully saturated rings. The lowest BCUT2D eigenvalue weighted by Crippen LogP contribution is -2.03. The lowest BCUT2D eigenvalue weighted by atomic mass is 10.0.